The van der Waals surface area contributed by atoms with Crippen molar-refractivity contribution in [3.05, 3.63) is 65.9 Å². The van der Waals surface area contributed by atoms with E-state index in [9.17, 15) is 4.79 Å². The summed E-state index contributed by atoms with van der Waals surface area (Å²) in [6.07, 6.45) is 2.06. The Kier molecular flexibility index (Phi) is 6.15. The molecule has 0 radical (unpaired) electrons. The molecule has 0 saturated carbocycles. The molecule has 5 heteroatoms. The van der Waals surface area contributed by atoms with Crippen molar-refractivity contribution in [2.75, 3.05) is 44.2 Å². The lowest BCUT2D eigenvalue weighted by molar-refractivity contribution is 0.0927. The third kappa shape index (κ3) is 4.98. The highest BCUT2D eigenvalue weighted by atomic mass is 16.3. The largest absolute Gasteiger partial charge is 0.451 e. The summed E-state index contributed by atoms with van der Waals surface area (Å²) >= 11 is 0. The van der Waals surface area contributed by atoms with Gasteiger partial charge in [-0.25, -0.2) is 0 Å². The number of benzene rings is 2. The molecule has 0 unspecified atom stereocenters. The zero-order chi connectivity index (χ0) is 20.1. The highest BCUT2D eigenvalue weighted by Crippen LogP contribution is 2.20. The standard InChI is InChI=1S/C24H29N3O2/c1-19-9-10-22-20(17-19)18-23(29-22)24(28)25-11-5-6-12-26-13-15-27(16-14-26)21-7-3-2-4-8-21/h2-4,7-10,17-18H,5-6,11-16H2,1H3,(H,25,28). The topological polar surface area (TPSA) is 48.7 Å². The number of anilines is 1. The van der Waals surface area contributed by atoms with E-state index in [1.54, 1.807) is 0 Å². The minimum absolute atomic E-state index is 0.129. The molecule has 4 rings (SSSR count). The van der Waals surface area contributed by atoms with Gasteiger partial charge in [0.15, 0.2) is 5.76 Å². The Hall–Kier alpha value is -2.79. The molecule has 0 spiro atoms. The number of carbonyl (C=O) groups is 1. The van der Waals surface area contributed by atoms with Crippen LogP contribution in [0.4, 0.5) is 5.69 Å². The second kappa shape index (κ2) is 9.14. The van der Waals surface area contributed by atoms with Crippen LogP contribution in [0.25, 0.3) is 11.0 Å². The molecule has 1 fully saturated rings. The first-order valence-corrected chi connectivity index (χ1v) is 10.5. The van der Waals surface area contributed by atoms with Gasteiger partial charge in [-0.15, -0.1) is 0 Å². The maximum absolute atomic E-state index is 12.3. The lowest BCUT2D eigenvalue weighted by Crippen LogP contribution is -2.46. The van der Waals surface area contributed by atoms with Gasteiger partial charge in [-0.3, -0.25) is 9.69 Å². The van der Waals surface area contributed by atoms with Crippen molar-refractivity contribution >= 4 is 22.6 Å². The summed E-state index contributed by atoms with van der Waals surface area (Å²) in [6, 6.07) is 18.4. The Morgan fingerprint density at radius 3 is 2.59 bits per heavy atom. The van der Waals surface area contributed by atoms with E-state index in [1.807, 2.05) is 31.2 Å². The number of para-hydroxylation sites is 1. The van der Waals surface area contributed by atoms with Gasteiger partial charge >= 0.3 is 0 Å². The van der Waals surface area contributed by atoms with E-state index in [1.165, 1.54) is 5.69 Å². The van der Waals surface area contributed by atoms with Crippen LogP contribution in [0.1, 0.15) is 29.0 Å². The summed E-state index contributed by atoms with van der Waals surface area (Å²) in [5.74, 6) is 0.262. The van der Waals surface area contributed by atoms with Crippen molar-refractivity contribution in [2.45, 2.75) is 19.8 Å². The molecule has 29 heavy (non-hydrogen) atoms. The Morgan fingerprint density at radius 2 is 1.79 bits per heavy atom. The summed E-state index contributed by atoms with van der Waals surface area (Å²) in [7, 11) is 0. The van der Waals surface area contributed by atoms with Crippen molar-refractivity contribution in [3.8, 4) is 0 Å². The maximum Gasteiger partial charge on any atom is 0.287 e. The fraction of sp³-hybridized carbons (Fsp3) is 0.375. The first-order valence-electron chi connectivity index (χ1n) is 10.5. The first-order chi connectivity index (χ1) is 14.2. The Bertz CT molecular complexity index is 943. The number of unbranched alkanes of at least 4 members (excludes halogenated alkanes) is 1. The normalized spacial score (nSPS) is 15.0. The Morgan fingerprint density at radius 1 is 1.00 bits per heavy atom. The number of nitrogens with zero attached hydrogens (tertiary/aromatic N) is 2. The molecule has 0 bridgehead atoms. The molecule has 5 nitrogen and oxygen atoms in total. The van der Waals surface area contributed by atoms with Gasteiger partial charge in [-0.1, -0.05) is 29.8 Å². The zero-order valence-corrected chi connectivity index (χ0v) is 17.1. The minimum atomic E-state index is -0.129. The number of aryl methyl sites for hydroxylation is 1. The van der Waals surface area contributed by atoms with Gasteiger partial charge in [0.05, 0.1) is 0 Å². The van der Waals surface area contributed by atoms with E-state index in [2.05, 4.69) is 45.4 Å². The highest BCUT2D eigenvalue weighted by molar-refractivity contribution is 5.96. The smallest absolute Gasteiger partial charge is 0.287 e. The van der Waals surface area contributed by atoms with Crippen LogP contribution < -0.4 is 10.2 Å². The van der Waals surface area contributed by atoms with E-state index in [4.69, 9.17) is 4.42 Å². The van der Waals surface area contributed by atoms with Crippen LogP contribution >= 0.6 is 0 Å². The van der Waals surface area contributed by atoms with Crippen LogP contribution in [0.3, 0.4) is 0 Å². The highest BCUT2D eigenvalue weighted by Gasteiger charge is 2.16. The average Bonchev–Trinajstić information content (AvgIpc) is 3.18. The van der Waals surface area contributed by atoms with Gasteiger partial charge in [-0.2, -0.15) is 0 Å². The van der Waals surface area contributed by atoms with Crippen molar-refractivity contribution in [1.82, 2.24) is 10.2 Å². The monoisotopic (exact) mass is 391 g/mol. The summed E-state index contributed by atoms with van der Waals surface area (Å²) in [5, 5.41) is 3.96. The average molecular weight is 392 g/mol. The van der Waals surface area contributed by atoms with Crippen LogP contribution in [0.15, 0.2) is 59.0 Å². The van der Waals surface area contributed by atoms with Crippen LogP contribution in [0, 0.1) is 6.92 Å². The molecule has 1 aliphatic heterocycles. The number of fused-ring (bicyclic) bond motifs is 1. The zero-order valence-electron chi connectivity index (χ0n) is 17.1. The Balaban J connectivity index is 1.14. The van der Waals surface area contributed by atoms with Crippen LogP contribution in [-0.2, 0) is 0 Å². The predicted octanol–water partition coefficient (Wildman–Crippen LogP) is 4.07. The maximum atomic E-state index is 12.3. The third-order valence-electron chi connectivity index (χ3n) is 5.58. The molecule has 152 valence electrons. The summed E-state index contributed by atoms with van der Waals surface area (Å²) in [5.41, 5.74) is 3.24. The number of hydrogen-bond acceptors (Lipinski definition) is 4. The molecule has 1 saturated heterocycles. The number of amides is 1. The van der Waals surface area contributed by atoms with Gasteiger partial charge in [0.2, 0.25) is 0 Å². The number of nitrogens with one attached hydrogen (secondary N) is 1. The third-order valence-corrected chi connectivity index (χ3v) is 5.58. The number of hydrogen-bond donors (Lipinski definition) is 1. The summed E-state index contributed by atoms with van der Waals surface area (Å²) < 4.78 is 5.66. The van der Waals surface area contributed by atoms with Crippen LogP contribution in [-0.4, -0.2) is 50.1 Å². The molecular formula is C24H29N3O2. The van der Waals surface area contributed by atoms with Gasteiger partial charge in [0, 0.05) is 43.8 Å². The molecular weight excluding hydrogens is 362 g/mol. The van der Waals surface area contributed by atoms with Crippen LogP contribution in [0.5, 0.6) is 0 Å². The molecule has 1 aromatic heterocycles. The van der Waals surface area contributed by atoms with Crippen LogP contribution in [0.2, 0.25) is 0 Å². The predicted molar refractivity (Wildman–Crippen MR) is 118 cm³/mol. The van der Waals surface area contributed by atoms with E-state index in [-0.39, 0.29) is 5.91 Å². The number of piperazine rings is 1. The first kappa shape index (κ1) is 19.5. The van der Waals surface area contributed by atoms with E-state index in [0.29, 0.717) is 12.3 Å². The quantitative estimate of drug-likeness (QED) is 0.617. The number of rotatable bonds is 7. The fourth-order valence-electron chi connectivity index (χ4n) is 3.89. The number of furan rings is 1. The van der Waals surface area contributed by atoms with E-state index < -0.39 is 0 Å². The molecule has 1 aliphatic rings. The minimum Gasteiger partial charge on any atom is -0.451 e. The molecule has 1 amide bonds. The second-order valence-corrected chi connectivity index (χ2v) is 7.78. The molecule has 1 N–H and O–H groups in total. The lowest BCUT2D eigenvalue weighted by atomic mass is 10.2. The van der Waals surface area contributed by atoms with Crippen molar-refractivity contribution in [2.24, 2.45) is 0 Å². The van der Waals surface area contributed by atoms with Crippen molar-refractivity contribution in [1.29, 1.82) is 0 Å². The molecule has 3 aromatic rings. The molecule has 0 atom stereocenters. The SMILES string of the molecule is Cc1ccc2oc(C(=O)NCCCCN3CCN(c4ccccc4)CC3)cc2c1. The van der Waals surface area contributed by atoms with Crippen molar-refractivity contribution < 1.29 is 9.21 Å². The summed E-state index contributed by atoms with van der Waals surface area (Å²) in [6.45, 7) is 8.15. The fourth-order valence-corrected chi connectivity index (χ4v) is 3.89. The molecule has 2 heterocycles. The van der Waals surface area contributed by atoms with Gasteiger partial charge in [-0.05, 0) is 56.6 Å². The van der Waals surface area contributed by atoms with Gasteiger partial charge in [0.25, 0.3) is 5.91 Å². The van der Waals surface area contributed by atoms with Gasteiger partial charge < -0.3 is 14.6 Å². The summed E-state index contributed by atoms with van der Waals surface area (Å²) in [4.78, 5) is 17.3. The Labute approximate surface area is 172 Å². The van der Waals surface area contributed by atoms with E-state index >= 15 is 0 Å². The lowest BCUT2D eigenvalue weighted by Gasteiger charge is -2.36. The second-order valence-electron chi connectivity index (χ2n) is 7.78. The molecule has 2 aromatic carbocycles. The number of carbonyl (C=O) groups excluding carboxylic acids is 1. The van der Waals surface area contributed by atoms with Gasteiger partial charge in [0.1, 0.15) is 5.58 Å². The van der Waals surface area contributed by atoms with E-state index in [0.717, 1.165) is 62.1 Å². The molecule has 0 aliphatic carbocycles. The van der Waals surface area contributed by atoms with Crippen molar-refractivity contribution in [3.63, 3.8) is 0 Å².